The van der Waals surface area contributed by atoms with Gasteiger partial charge in [-0.15, -0.1) is 0 Å². The maximum Gasteiger partial charge on any atom is 0.269 e. The number of rotatable bonds is 3. The first-order valence-corrected chi connectivity index (χ1v) is 6.64. The summed E-state index contributed by atoms with van der Waals surface area (Å²) in [6.45, 7) is 1.57. The summed E-state index contributed by atoms with van der Waals surface area (Å²) < 4.78 is 0. The molecule has 106 valence electrons. The van der Waals surface area contributed by atoms with Crippen LogP contribution in [0.3, 0.4) is 0 Å². The molecule has 0 fully saturated rings. The third kappa shape index (κ3) is 2.64. The van der Waals surface area contributed by atoms with Crippen molar-refractivity contribution in [3.05, 3.63) is 64.1 Å². The summed E-state index contributed by atoms with van der Waals surface area (Å²) in [7, 11) is 0. The fraction of sp³-hybridized carbons (Fsp3) is 0.125. The molecule has 0 amide bonds. The quantitative estimate of drug-likeness (QED) is 0.689. The number of hydrogen-bond donors (Lipinski definition) is 3. The second-order valence-electron chi connectivity index (χ2n) is 4.84. The molecule has 1 heterocycles. The summed E-state index contributed by atoms with van der Waals surface area (Å²) >= 11 is 0. The van der Waals surface area contributed by atoms with Crippen LogP contribution in [0.1, 0.15) is 11.3 Å². The fourth-order valence-corrected chi connectivity index (χ4v) is 2.20. The smallest absolute Gasteiger partial charge is 0.269 e. The average molecular weight is 281 g/mol. The van der Waals surface area contributed by atoms with E-state index >= 15 is 0 Å². The van der Waals surface area contributed by atoms with Crippen LogP contribution in [0, 0.1) is 6.92 Å². The van der Waals surface area contributed by atoms with Crippen LogP contribution < -0.4 is 10.9 Å². The number of aromatic nitrogens is 2. The minimum Gasteiger partial charge on any atom is -0.392 e. The van der Waals surface area contributed by atoms with Crippen LogP contribution in [0.4, 0.5) is 11.4 Å². The van der Waals surface area contributed by atoms with Crippen LogP contribution in [-0.4, -0.2) is 15.1 Å². The Morgan fingerprint density at radius 2 is 2.00 bits per heavy atom. The zero-order valence-electron chi connectivity index (χ0n) is 11.6. The van der Waals surface area contributed by atoms with Crippen molar-refractivity contribution in [2.45, 2.75) is 13.5 Å². The number of H-pyrrole nitrogens is 1. The molecule has 0 aliphatic carbocycles. The maximum absolute atomic E-state index is 11.7. The lowest BCUT2D eigenvalue weighted by Crippen LogP contribution is -2.12. The normalized spacial score (nSPS) is 10.8. The zero-order chi connectivity index (χ0) is 14.8. The maximum atomic E-state index is 11.7. The minimum absolute atomic E-state index is 0.102. The van der Waals surface area contributed by atoms with E-state index in [0.29, 0.717) is 22.3 Å². The van der Waals surface area contributed by atoms with Gasteiger partial charge in [0.25, 0.3) is 5.56 Å². The van der Waals surface area contributed by atoms with Crippen LogP contribution in [0.5, 0.6) is 0 Å². The number of aryl methyl sites for hydroxylation is 1. The lowest BCUT2D eigenvalue weighted by molar-refractivity contribution is 0.282. The first-order chi connectivity index (χ1) is 10.2. The molecule has 5 nitrogen and oxygen atoms in total. The predicted molar refractivity (Wildman–Crippen MR) is 82.7 cm³/mol. The Morgan fingerprint density at radius 1 is 1.24 bits per heavy atom. The van der Waals surface area contributed by atoms with Crippen molar-refractivity contribution >= 4 is 22.4 Å². The van der Waals surface area contributed by atoms with E-state index in [0.717, 1.165) is 11.4 Å². The van der Waals surface area contributed by atoms with E-state index in [-0.39, 0.29) is 12.2 Å². The molecule has 0 radical (unpaired) electrons. The molecule has 21 heavy (non-hydrogen) atoms. The Hall–Kier alpha value is -2.66. The summed E-state index contributed by atoms with van der Waals surface area (Å²) in [5.74, 6) is 0. The summed E-state index contributed by atoms with van der Waals surface area (Å²) in [4.78, 5) is 18.8. The van der Waals surface area contributed by atoms with Crippen molar-refractivity contribution in [1.29, 1.82) is 0 Å². The topological polar surface area (TPSA) is 78.0 Å². The largest absolute Gasteiger partial charge is 0.392 e. The van der Waals surface area contributed by atoms with Crippen molar-refractivity contribution < 1.29 is 5.11 Å². The molecule has 0 spiro atoms. The van der Waals surface area contributed by atoms with Crippen LogP contribution in [0.25, 0.3) is 11.0 Å². The van der Waals surface area contributed by atoms with Gasteiger partial charge < -0.3 is 15.4 Å². The molecule has 0 aliphatic heterocycles. The van der Waals surface area contributed by atoms with Gasteiger partial charge in [0, 0.05) is 5.69 Å². The van der Waals surface area contributed by atoms with Crippen molar-refractivity contribution in [3.63, 3.8) is 0 Å². The molecular weight excluding hydrogens is 266 g/mol. The van der Waals surface area contributed by atoms with Gasteiger partial charge >= 0.3 is 0 Å². The van der Waals surface area contributed by atoms with E-state index in [1.807, 2.05) is 36.4 Å². The minimum atomic E-state index is -0.219. The number of benzene rings is 2. The Morgan fingerprint density at radius 3 is 2.71 bits per heavy atom. The highest BCUT2D eigenvalue weighted by atomic mass is 16.3. The van der Waals surface area contributed by atoms with Gasteiger partial charge in [0.1, 0.15) is 11.2 Å². The van der Waals surface area contributed by atoms with Gasteiger partial charge in [0.2, 0.25) is 0 Å². The molecule has 0 saturated carbocycles. The van der Waals surface area contributed by atoms with Gasteiger partial charge in [-0.1, -0.05) is 18.2 Å². The van der Waals surface area contributed by atoms with E-state index in [9.17, 15) is 9.90 Å². The summed E-state index contributed by atoms with van der Waals surface area (Å²) in [5, 5.41) is 12.6. The Bertz CT molecular complexity index is 841. The molecule has 0 atom stereocenters. The average Bonchev–Trinajstić information content (AvgIpc) is 2.50. The molecule has 5 heteroatoms. The number of para-hydroxylation sites is 1. The SMILES string of the molecule is Cc1nc2c(Nc3ccccc3)cc(CO)cc2[nH]c1=O. The highest BCUT2D eigenvalue weighted by molar-refractivity contribution is 5.90. The highest BCUT2D eigenvalue weighted by Gasteiger charge is 2.08. The highest BCUT2D eigenvalue weighted by Crippen LogP contribution is 2.25. The molecule has 2 aromatic carbocycles. The van der Waals surface area contributed by atoms with Crippen LogP contribution >= 0.6 is 0 Å². The number of hydrogen-bond acceptors (Lipinski definition) is 4. The molecular formula is C16H15N3O2. The number of aliphatic hydroxyl groups is 1. The summed E-state index contributed by atoms with van der Waals surface area (Å²) in [6.07, 6.45) is 0. The first-order valence-electron chi connectivity index (χ1n) is 6.64. The number of anilines is 2. The molecule has 0 unspecified atom stereocenters. The monoisotopic (exact) mass is 281 g/mol. The van der Waals surface area contributed by atoms with E-state index < -0.39 is 0 Å². The third-order valence-corrected chi connectivity index (χ3v) is 3.26. The molecule has 1 aromatic heterocycles. The molecule has 3 N–H and O–H groups in total. The number of fused-ring (bicyclic) bond motifs is 1. The van der Waals surface area contributed by atoms with Crippen molar-refractivity contribution in [2.75, 3.05) is 5.32 Å². The molecule has 3 aromatic rings. The van der Waals surface area contributed by atoms with E-state index in [1.165, 1.54) is 0 Å². The van der Waals surface area contributed by atoms with Gasteiger partial charge in [-0.25, -0.2) is 4.98 Å². The molecule has 0 bridgehead atoms. The van der Waals surface area contributed by atoms with Gasteiger partial charge in [-0.05, 0) is 36.8 Å². The van der Waals surface area contributed by atoms with Crippen LogP contribution in [0.15, 0.2) is 47.3 Å². The molecule has 0 saturated heterocycles. The number of aliphatic hydroxyl groups excluding tert-OH is 1. The van der Waals surface area contributed by atoms with E-state index in [4.69, 9.17) is 0 Å². The zero-order valence-corrected chi connectivity index (χ0v) is 11.6. The lowest BCUT2D eigenvalue weighted by Gasteiger charge is -2.11. The lowest BCUT2D eigenvalue weighted by atomic mass is 10.1. The van der Waals surface area contributed by atoms with Gasteiger partial charge in [0.05, 0.1) is 17.8 Å². The van der Waals surface area contributed by atoms with Crippen molar-refractivity contribution in [3.8, 4) is 0 Å². The van der Waals surface area contributed by atoms with Gasteiger partial charge in [-0.3, -0.25) is 4.79 Å². The Labute approximate surface area is 121 Å². The fourth-order valence-electron chi connectivity index (χ4n) is 2.20. The van der Waals surface area contributed by atoms with Crippen molar-refractivity contribution in [2.24, 2.45) is 0 Å². The number of nitrogens with zero attached hydrogens (tertiary/aromatic N) is 1. The third-order valence-electron chi connectivity index (χ3n) is 3.26. The van der Waals surface area contributed by atoms with Gasteiger partial charge in [0.15, 0.2) is 0 Å². The molecule has 0 aliphatic rings. The standard InChI is InChI=1S/C16H15N3O2/c1-10-16(21)19-14-8-11(9-20)7-13(15(14)17-10)18-12-5-3-2-4-6-12/h2-8,18,20H,9H2,1H3,(H,19,21). The summed E-state index contributed by atoms with van der Waals surface area (Å²) in [6, 6.07) is 13.3. The second kappa shape index (κ2) is 5.38. The predicted octanol–water partition coefficient (Wildman–Crippen LogP) is 2.47. The number of aromatic amines is 1. The second-order valence-corrected chi connectivity index (χ2v) is 4.84. The van der Waals surface area contributed by atoms with Crippen LogP contribution in [-0.2, 0) is 6.61 Å². The molecule has 3 rings (SSSR count). The number of nitrogens with one attached hydrogen (secondary N) is 2. The van der Waals surface area contributed by atoms with E-state index in [1.54, 1.807) is 13.0 Å². The van der Waals surface area contributed by atoms with E-state index in [2.05, 4.69) is 15.3 Å². The van der Waals surface area contributed by atoms with Crippen molar-refractivity contribution in [1.82, 2.24) is 9.97 Å². The first kappa shape index (κ1) is 13.3. The Kier molecular flexibility index (Phi) is 3.41. The Balaban J connectivity index is 2.19. The summed E-state index contributed by atoms with van der Waals surface area (Å²) in [5.41, 5.74) is 3.85. The van der Waals surface area contributed by atoms with Gasteiger partial charge in [-0.2, -0.15) is 0 Å². The van der Waals surface area contributed by atoms with Crippen LogP contribution in [0.2, 0.25) is 0 Å².